The lowest BCUT2D eigenvalue weighted by molar-refractivity contribution is -0.142. The van der Waals surface area contributed by atoms with Crippen LogP contribution in [0.1, 0.15) is 36.0 Å². The Balaban J connectivity index is 1.75. The van der Waals surface area contributed by atoms with Crippen LogP contribution in [0.4, 0.5) is 0 Å². The van der Waals surface area contributed by atoms with Crippen molar-refractivity contribution in [2.75, 3.05) is 0 Å². The molecule has 0 aromatic heterocycles. The molecule has 0 radical (unpaired) electrons. The van der Waals surface area contributed by atoms with Gasteiger partial charge in [0.1, 0.15) is 5.75 Å². The molecule has 1 aromatic rings. The van der Waals surface area contributed by atoms with Crippen molar-refractivity contribution in [3.05, 3.63) is 29.8 Å². The summed E-state index contributed by atoms with van der Waals surface area (Å²) >= 11 is 0. The zero-order valence-corrected chi connectivity index (χ0v) is 11.4. The molecule has 1 saturated heterocycles. The second-order valence-corrected chi connectivity index (χ2v) is 5.50. The lowest BCUT2D eigenvalue weighted by Gasteiger charge is -2.19. The first-order valence-electron chi connectivity index (χ1n) is 7.06. The molecule has 3 amide bonds. The van der Waals surface area contributed by atoms with Gasteiger partial charge >= 0.3 is 0 Å². The van der Waals surface area contributed by atoms with Crippen molar-refractivity contribution >= 4 is 17.7 Å². The van der Waals surface area contributed by atoms with Crippen molar-refractivity contribution in [3.8, 4) is 5.75 Å². The average molecular weight is 288 g/mol. The second kappa shape index (κ2) is 5.20. The van der Waals surface area contributed by atoms with Crippen molar-refractivity contribution in [2.24, 2.45) is 11.8 Å². The number of hydrazine groups is 1. The fourth-order valence-corrected chi connectivity index (χ4v) is 3.05. The summed E-state index contributed by atoms with van der Waals surface area (Å²) in [6.45, 7) is 0. The number of phenolic OH excluding ortho intramolecular Hbond substituents is 1. The summed E-state index contributed by atoms with van der Waals surface area (Å²) in [6.07, 6.45) is 3.31. The predicted octanol–water partition coefficient (Wildman–Crippen LogP) is 1.21. The van der Waals surface area contributed by atoms with Gasteiger partial charge in [0.2, 0.25) is 0 Å². The van der Waals surface area contributed by atoms with Crippen molar-refractivity contribution in [1.29, 1.82) is 0 Å². The van der Waals surface area contributed by atoms with Gasteiger partial charge in [-0.2, -0.15) is 5.01 Å². The molecular weight excluding hydrogens is 272 g/mol. The molecule has 6 nitrogen and oxygen atoms in total. The largest absolute Gasteiger partial charge is 0.508 e. The highest BCUT2D eigenvalue weighted by molar-refractivity contribution is 6.07. The molecule has 0 bridgehead atoms. The number of carbonyl (C=O) groups is 3. The molecule has 110 valence electrons. The van der Waals surface area contributed by atoms with Crippen LogP contribution in [0.15, 0.2) is 24.3 Å². The van der Waals surface area contributed by atoms with Crippen molar-refractivity contribution < 1.29 is 19.5 Å². The third-order valence-electron chi connectivity index (χ3n) is 4.18. The summed E-state index contributed by atoms with van der Waals surface area (Å²) in [4.78, 5) is 36.5. The minimum Gasteiger partial charge on any atom is -0.508 e. The third-order valence-corrected chi connectivity index (χ3v) is 4.18. The fourth-order valence-electron chi connectivity index (χ4n) is 3.05. The Bertz CT molecular complexity index is 572. The maximum Gasteiger partial charge on any atom is 0.270 e. The number of imide groups is 1. The molecule has 6 heteroatoms. The van der Waals surface area contributed by atoms with Crippen molar-refractivity contribution in [1.82, 2.24) is 10.4 Å². The Morgan fingerprint density at radius 3 is 2.10 bits per heavy atom. The maximum atomic E-state index is 12.2. The molecule has 3 rings (SSSR count). The van der Waals surface area contributed by atoms with Crippen molar-refractivity contribution in [3.63, 3.8) is 0 Å². The quantitative estimate of drug-likeness (QED) is 0.801. The summed E-state index contributed by atoms with van der Waals surface area (Å²) in [5, 5.41) is 10.1. The van der Waals surface area contributed by atoms with E-state index in [1.165, 1.54) is 24.3 Å². The van der Waals surface area contributed by atoms with Gasteiger partial charge in [0.15, 0.2) is 0 Å². The number of phenols is 1. The minimum atomic E-state index is -0.532. The second-order valence-electron chi connectivity index (χ2n) is 5.50. The van der Waals surface area contributed by atoms with E-state index in [-0.39, 0.29) is 35.0 Å². The van der Waals surface area contributed by atoms with Gasteiger partial charge in [-0.25, -0.2) is 0 Å². The van der Waals surface area contributed by atoms with Gasteiger partial charge in [0.25, 0.3) is 17.7 Å². The van der Waals surface area contributed by atoms with Crippen LogP contribution >= 0.6 is 0 Å². The number of hydrogen-bond acceptors (Lipinski definition) is 4. The van der Waals surface area contributed by atoms with E-state index in [1.54, 1.807) is 0 Å². The van der Waals surface area contributed by atoms with Gasteiger partial charge in [-0.1, -0.05) is 12.8 Å². The number of carbonyl (C=O) groups excluding carboxylic acids is 3. The zero-order valence-electron chi connectivity index (χ0n) is 11.4. The third kappa shape index (κ3) is 2.37. The van der Waals surface area contributed by atoms with Gasteiger partial charge in [-0.05, 0) is 37.1 Å². The molecule has 0 unspecified atom stereocenters. The first-order chi connectivity index (χ1) is 10.1. The van der Waals surface area contributed by atoms with Crippen LogP contribution in [0.2, 0.25) is 0 Å². The number of nitrogens with zero attached hydrogens (tertiary/aromatic N) is 1. The molecule has 1 aromatic carbocycles. The van der Waals surface area contributed by atoms with Crippen LogP contribution < -0.4 is 5.43 Å². The van der Waals surface area contributed by atoms with E-state index in [9.17, 15) is 19.5 Å². The number of aromatic hydroxyl groups is 1. The van der Waals surface area contributed by atoms with Crippen LogP contribution in [0.25, 0.3) is 0 Å². The van der Waals surface area contributed by atoms with Crippen LogP contribution in [0.3, 0.4) is 0 Å². The lowest BCUT2D eigenvalue weighted by Crippen LogP contribution is -2.46. The number of rotatable bonds is 2. The molecule has 1 saturated carbocycles. The predicted molar refractivity (Wildman–Crippen MR) is 72.9 cm³/mol. The first kappa shape index (κ1) is 13.6. The van der Waals surface area contributed by atoms with E-state index in [0.29, 0.717) is 12.8 Å². The molecule has 1 aliphatic heterocycles. The summed E-state index contributed by atoms with van der Waals surface area (Å²) in [5.74, 6) is -1.67. The molecule has 0 spiro atoms. The molecule has 21 heavy (non-hydrogen) atoms. The standard InChI is InChI=1S/C15H16N2O4/c18-10-7-5-9(6-8-10)13(19)16-17-14(20)11-3-1-2-4-12(11)15(17)21/h5-8,11-12,18H,1-4H2,(H,16,19)/t11-,12-/m0/s1. The molecule has 2 N–H and O–H groups in total. The number of nitrogens with one attached hydrogen (secondary N) is 1. The summed E-state index contributed by atoms with van der Waals surface area (Å²) in [6, 6.07) is 5.62. The smallest absolute Gasteiger partial charge is 0.270 e. The number of hydrogen-bond donors (Lipinski definition) is 2. The van der Waals surface area contributed by atoms with E-state index in [0.717, 1.165) is 17.9 Å². The highest BCUT2D eigenvalue weighted by Crippen LogP contribution is 2.37. The van der Waals surface area contributed by atoms with Crippen LogP contribution in [-0.2, 0) is 9.59 Å². The summed E-state index contributed by atoms with van der Waals surface area (Å²) < 4.78 is 0. The van der Waals surface area contributed by atoms with E-state index in [2.05, 4.69) is 5.43 Å². The SMILES string of the molecule is O=C(NN1C(=O)[C@H]2CCCC[C@@H]2C1=O)c1ccc(O)cc1. The van der Waals surface area contributed by atoms with Crippen LogP contribution in [0.5, 0.6) is 5.75 Å². The zero-order chi connectivity index (χ0) is 15.0. The Labute approximate surface area is 121 Å². The maximum absolute atomic E-state index is 12.2. The number of fused-ring (bicyclic) bond motifs is 1. The van der Waals surface area contributed by atoms with Crippen molar-refractivity contribution in [2.45, 2.75) is 25.7 Å². The van der Waals surface area contributed by atoms with Gasteiger partial charge in [0.05, 0.1) is 11.8 Å². The Morgan fingerprint density at radius 2 is 1.57 bits per heavy atom. The van der Waals surface area contributed by atoms with Gasteiger partial charge in [0, 0.05) is 5.56 Å². The molecule has 1 heterocycles. The molecule has 1 aliphatic carbocycles. The Hall–Kier alpha value is -2.37. The van der Waals surface area contributed by atoms with E-state index < -0.39 is 5.91 Å². The highest BCUT2D eigenvalue weighted by Gasteiger charge is 2.49. The first-order valence-corrected chi connectivity index (χ1v) is 7.06. The van der Waals surface area contributed by atoms with Gasteiger partial charge < -0.3 is 5.11 Å². The molecule has 2 aliphatic rings. The number of amides is 3. The molecular formula is C15H16N2O4. The van der Waals surface area contributed by atoms with Crippen LogP contribution in [0, 0.1) is 11.8 Å². The van der Waals surface area contributed by atoms with Crippen LogP contribution in [-0.4, -0.2) is 27.8 Å². The highest BCUT2D eigenvalue weighted by atomic mass is 16.3. The Morgan fingerprint density at radius 1 is 1.05 bits per heavy atom. The topological polar surface area (TPSA) is 86.7 Å². The summed E-state index contributed by atoms with van der Waals surface area (Å²) in [5.41, 5.74) is 2.67. The average Bonchev–Trinajstić information content (AvgIpc) is 2.73. The van der Waals surface area contributed by atoms with E-state index >= 15 is 0 Å². The minimum absolute atomic E-state index is 0.0471. The normalized spacial score (nSPS) is 24.9. The van der Waals surface area contributed by atoms with E-state index in [4.69, 9.17) is 0 Å². The van der Waals surface area contributed by atoms with E-state index in [1.807, 2.05) is 0 Å². The fraction of sp³-hybridized carbons (Fsp3) is 0.400. The van der Waals surface area contributed by atoms with Gasteiger partial charge in [-0.3, -0.25) is 19.8 Å². The monoisotopic (exact) mass is 288 g/mol. The lowest BCUT2D eigenvalue weighted by atomic mass is 9.81. The Kier molecular flexibility index (Phi) is 3.37. The van der Waals surface area contributed by atoms with Gasteiger partial charge in [-0.15, -0.1) is 0 Å². The summed E-state index contributed by atoms with van der Waals surface area (Å²) in [7, 11) is 0. The molecule has 2 atom stereocenters. The molecule has 2 fully saturated rings. The number of benzene rings is 1.